The maximum absolute atomic E-state index is 4.50. The Balaban J connectivity index is 3.01. The molecule has 0 aliphatic rings. The highest BCUT2D eigenvalue weighted by molar-refractivity contribution is 7.99. The van der Waals surface area contributed by atoms with Crippen LogP contribution < -0.4 is 4.90 Å². The molecule has 0 radical (unpaired) electrons. The number of hydrogen-bond donors (Lipinski definition) is 0. The summed E-state index contributed by atoms with van der Waals surface area (Å²) >= 11 is 3.33. The Bertz CT molecular complexity index is 318. The lowest BCUT2D eigenvalue weighted by Gasteiger charge is -2.19. The highest BCUT2D eigenvalue weighted by atomic mass is 32.2. The van der Waals surface area contributed by atoms with Crippen molar-refractivity contribution >= 4 is 29.5 Å². The predicted octanol–water partition coefficient (Wildman–Crippen LogP) is 2.94. The lowest BCUT2D eigenvalue weighted by molar-refractivity contribution is 0.737. The first-order valence-electron chi connectivity index (χ1n) is 6.01. The highest BCUT2D eigenvalue weighted by Crippen LogP contribution is 2.21. The zero-order valence-electron chi connectivity index (χ0n) is 10.9. The van der Waals surface area contributed by atoms with Crippen molar-refractivity contribution in [3.05, 3.63) is 0 Å². The standard InChI is InChI=1S/C11H20N4S2/c1-5-15(6-2)9-12-10(16-7-3)14-11(13-9)17-8-4/h5-8H2,1-4H3. The van der Waals surface area contributed by atoms with Gasteiger partial charge in [-0.25, -0.2) is 0 Å². The van der Waals surface area contributed by atoms with E-state index < -0.39 is 0 Å². The fraction of sp³-hybridized carbons (Fsp3) is 0.727. The maximum atomic E-state index is 4.50. The van der Waals surface area contributed by atoms with Gasteiger partial charge < -0.3 is 4.90 Å². The molecule has 96 valence electrons. The average Bonchev–Trinajstić information content (AvgIpc) is 2.31. The van der Waals surface area contributed by atoms with Gasteiger partial charge in [0.15, 0.2) is 10.3 Å². The molecule has 1 aromatic heterocycles. The minimum Gasteiger partial charge on any atom is -0.341 e. The largest absolute Gasteiger partial charge is 0.341 e. The van der Waals surface area contributed by atoms with Crippen LogP contribution in [-0.4, -0.2) is 39.5 Å². The first-order valence-corrected chi connectivity index (χ1v) is 7.98. The van der Waals surface area contributed by atoms with Crippen molar-refractivity contribution in [1.82, 2.24) is 15.0 Å². The quantitative estimate of drug-likeness (QED) is 0.711. The van der Waals surface area contributed by atoms with Crippen molar-refractivity contribution in [1.29, 1.82) is 0 Å². The van der Waals surface area contributed by atoms with E-state index in [-0.39, 0.29) is 0 Å². The van der Waals surface area contributed by atoms with E-state index >= 15 is 0 Å². The molecule has 0 amide bonds. The Morgan fingerprint density at radius 2 is 1.29 bits per heavy atom. The fourth-order valence-electron chi connectivity index (χ4n) is 1.36. The molecule has 0 aliphatic carbocycles. The molecule has 17 heavy (non-hydrogen) atoms. The number of rotatable bonds is 7. The molecule has 0 atom stereocenters. The number of thioether (sulfide) groups is 2. The SMILES string of the molecule is CCSc1nc(SCC)nc(N(CC)CC)n1. The maximum Gasteiger partial charge on any atom is 0.230 e. The third-order valence-electron chi connectivity index (χ3n) is 2.18. The lowest BCUT2D eigenvalue weighted by Crippen LogP contribution is -2.24. The molecule has 6 heteroatoms. The van der Waals surface area contributed by atoms with Gasteiger partial charge in [-0.05, 0) is 25.4 Å². The Labute approximate surface area is 112 Å². The third kappa shape index (κ3) is 4.35. The van der Waals surface area contributed by atoms with Crippen molar-refractivity contribution in [2.24, 2.45) is 0 Å². The summed E-state index contributed by atoms with van der Waals surface area (Å²) in [7, 11) is 0. The second-order valence-corrected chi connectivity index (χ2v) is 5.70. The number of aromatic nitrogens is 3. The molecule has 0 N–H and O–H groups in total. The van der Waals surface area contributed by atoms with Crippen LogP contribution in [0.3, 0.4) is 0 Å². The van der Waals surface area contributed by atoms with Crippen LogP contribution in [0.15, 0.2) is 10.3 Å². The van der Waals surface area contributed by atoms with Crippen LogP contribution in [0.25, 0.3) is 0 Å². The molecule has 0 unspecified atom stereocenters. The molecule has 0 spiro atoms. The molecule has 1 rings (SSSR count). The van der Waals surface area contributed by atoms with Gasteiger partial charge in [-0.3, -0.25) is 0 Å². The summed E-state index contributed by atoms with van der Waals surface area (Å²) in [4.78, 5) is 15.6. The van der Waals surface area contributed by atoms with Crippen molar-refractivity contribution in [2.75, 3.05) is 29.5 Å². The summed E-state index contributed by atoms with van der Waals surface area (Å²) in [5.41, 5.74) is 0. The minimum atomic E-state index is 0.803. The van der Waals surface area contributed by atoms with Crippen molar-refractivity contribution in [3.63, 3.8) is 0 Å². The normalized spacial score (nSPS) is 10.6. The van der Waals surface area contributed by atoms with Crippen LogP contribution in [-0.2, 0) is 0 Å². The van der Waals surface area contributed by atoms with Crippen LogP contribution >= 0.6 is 23.5 Å². The van der Waals surface area contributed by atoms with E-state index in [0.29, 0.717) is 0 Å². The van der Waals surface area contributed by atoms with Crippen LogP contribution in [0.1, 0.15) is 27.7 Å². The van der Waals surface area contributed by atoms with Gasteiger partial charge in [0.05, 0.1) is 0 Å². The fourth-order valence-corrected chi connectivity index (χ4v) is 2.53. The average molecular weight is 272 g/mol. The first kappa shape index (κ1) is 14.6. The van der Waals surface area contributed by atoms with Crippen LogP contribution in [0.2, 0.25) is 0 Å². The molecule has 0 saturated carbocycles. The summed E-state index contributed by atoms with van der Waals surface area (Å²) in [5.74, 6) is 2.77. The molecule has 0 aromatic carbocycles. The van der Waals surface area contributed by atoms with Crippen molar-refractivity contribution in [2.45, 2.75) is 38.0 Å². The van der Waals surface area contributed by atoms with Gasteiger partial charge in [0.25, 0.3) is 0 Å². The number of nitrogens with zero attached hydrogens (tertiary/aromatic N) is 4. The summed E-state index contributed by atoms with van der Waals surface area (Å²) < 4.78 is 0. The molecule has 4 nitrogen and oxygen atoms in total. The Morgan fingerprint density at radius 3 is 1.65 bits per heavy atom. The molecule has 0 bridgehead atoms. The van der Waals surface area contributed by atoms with Gasteiger partial charge in [-0.15, -0.1) is 0 Å². The molecule has 1 aromatic rings. The zero-order valence-corrected chi connectivity index (χ0v) is 12.6. The Hall–Kier alpha value is -0.490. The monoisotopic (exact) mass is 272 g/mol. The van der Waals surface area contributed by atoms with E-state index in [1.165, 1.54) is 0 Å². The minimum absolute atomic E-state index is 0.803. The summed E-state index contributed by atoms with van der Waals surface area (Å²) in [6.07, 6.45) is 0. The van der Waals surface area contributed by atoms with Crippen LogP contribution in [0.4, 0.5) is 5.95 Å². The second-order valence-electron chi connectivity index (χ2n) is 3.24. The van der Waals surface area contributed by atoms with E-state index in [0.717, 1.165) is 40.9 Å². The topological polar surface area (TPSA) is 41.9 Å². The van der Waals surface area contributed by atoms with Crippen LogP contribution in [0.5, 0.6) is 0 Å². The van der Waals surface area contributed by atoms with E-state index in [9.17, 15) is 0 Å². The number of hydrogen-bond acceptors (Lipinski definition) is 6. The summed E-state index contributed by atoms with van der Waals surface area (Å²) in [6.45, 7) is 10.3. The third-order valence-corrected chi connectivity index (χ3v) is 3.63. The highest BCUT2D eigenvalue weighted by Gasteiger charge is 2.10. The zero-order chi connectivity index (χ0) is 12.7. The van der Waals surface area contributed by atoms with E-state index in [4.69, 9.17) is 0 Å². The summed E-state index contributed by atoms with van der Waals surface area (Å²) in [6, 6.07) is 0. The van der Waals surface area contributed by atoms with E-state index in [1.54, 1.807) is 23.5 Å². The molecular weight excluding hydrogens is 252 g/mol. The van der Waals surface area contributed by atoms with Gasteiger partial charge in [0, 0.05) is 13.1 Å². The smallest absolute Gasteiger partial charge is 0.230 e. The van der Waals surface area contributed by atoms with Gasteiger partial charge >= 0.3 is 0 Å². The van der Waals surface area contributed by atoms with Crippen LogP contribution in [0, 0.1) is 0 Å². The molecule has 0 saturated heterocycles. The van der Waals surface area contributed by atoms with Gasteiger partial charge in [0.1, 0.15) is 0 Å². The first-order chi connectivity index (χ1) is 8.24. The van der Waals surface area contributed by atoms with Crippen molar-refractivity contribution in [3.8, 4) is 0 Å². The predicted molar refractivity (Wildman–Crippen MR) is 76.2 cm³/mol. The number of anilines is 1. The molecule has 0 fully saturated rings. The van der Waals surface area contributed by atoms with Gasteiger partial charge in [-0.1, -0.05) is 37.4 Å². The van der Waals surface area contributed by atoms with Gasteiger partial charge in [0.2, 0.25) is 5.95 Å². The molecule has 1 heterocycles. The Morgan fingerprint density at radius 1 is 0.824 bits per heavy atom. The Kier molecular flexibility index (Phi) is 6.65. The second kappa shape index (κ2) is 7.76. The van der Waals surface area contributed by atoms with Gasteiger partial charge in [-0.2, -0.15) is 15.0 Å². The summed E-state index contributed by atoms with van der Waals surface area (Å²) in [5, 5.41) is 1.67. The van der Waals surface area contributed by atoms with E-state index in [1.807, 2.05) is 0 Å². The molecule has 0 aliphatic heterocycles. The van der Waals surface area contributed by atoms with Crippen molar-refractivity contribution < 1.29 is 0 Å². The molecular formula is C11H20N4S2. The lowest BCUT2D eigenvalue weighted by atomic mass is 10.5. The van der Waals surface area contributed by atoms with E-state index in [2.05, 4.69) is 47.5 Å².